The van der Waals surface area contributed by atoms with Gasteiger partial charge in [0.2, 0.25) is 0 Å². The minimum absolute atomic E-state index is 0.0273. The topological polar surface area (TPSA) is 34.0 Å². The Balaban J connectivity index is 2.45. The summed E-state index contributed by atoms with van der Waals surface area (Å²) in [6.07, 6.45) is -2.53. The Morgan fingerprint density at radius 3 is 2.31 bits per heavy atom. The van der Waals surface area contributed by atoms with Gasteiger partial charge in [0, 0.05) is 0 Å². The third-order valence-electron chi connectivity index (χ3n) is 1.85. The number of alkyl halides is 3. The van der Waals surface area contributed by atoms with Crippen molar-refractivity contribution in [2.75, 3.05) is 5.01 Å². The van der Waals surface area contributed by atoms with Crippen molar-refractivity contribution in [3.05, 3.63) is 43.0 Å². The third-order valence-corrected chi connectivity index (χ3v) is 1.85. The fourth-order valence-electron chi connectivity index (χ4n) is 1.26. The number of anilines is 1. The van der Waals surface area contributed by atoms with Crippen LogP contribution in [0.1, 0.15) is 0 Å². The molecule has 1 heterocycles. The van der Waals surface area contributed by atoms with Crippen molar-refractivity contribution in [1.82, 2.24) is 14.9 Å². The molecule has 0 bridgehead atoms. The molecule has 0 atom stereocenters. The first-order valence-electron chi connectivity index (χ1n) is 4.36. The first-order chi connectivity index (χ1) is 7.59. The van der Waals surface area contributed by atoms with Gasteiger partial charge in [0.05, 0.1) is 5.69 Å². The summed E-state index contributed by atoms with van der Waals surface area (Å²) in [5.41, 5.74) is -0.0273. The van der Waals surface area contributed by atoms with Crippen LogP contribution in [0.25, 0.3) is 0 Å². The number of rotatable bonds is 2. The fraction of sp³-hybridized carbons (Fsp3) is 0.111. The number of nitrogens with zero attached hydrogens (tertiary/aromatic N) is 4. The van der Waals surface area contributed by atoms with E-state index in [4.69, 9.17) is 0 Å². The van der Waals surface area contributed by atoms with E-state index in [1.54, 1.807) is 6.07 Å². The zero-order valence-electron chi connectivity index (χ0n) is 7.96. The molecule has 0 fully saturated rings. The van der Waals surface area contributed by atoms with Gasteiger partial charge in [0.15, 0.2) is 0 Å². The van der Waals surface area contributed by atoms with Crippen molar-refractivity contribution in [2.45, 2.75) is 6.30 Å². The molecule has 84 valence electrons. The van der Waals surface area contributed by atoms with Gasteiger partial charge in [-0.2, -0.15) is 9.80 Å². The molecule has 0 radical (unpaired) electrons. The maximum absolute atomic E-state index is 12.8. The molecule has 16 heavy (non-hydrogen) atoms. The molecule has 7 heteroatoms. The van der Waals surface area contributed by atoms with Gasteiger partial charge >= 0.3 is 6.30 Å². The van der Waals surface area contributed by atoms with Crippen molar-refractivity contribution >= 4 is 5.69 Å². The maximum atomic E-state index is 12.8. The second-order valence-electron chi connectivity index (χ2n) is 2.93. The molecule has 0 spiro atoms. The van der Waals surface area contributed by atoms with Crippen LogP contribution in [0.3, 0.4) is 0 Å². The summed E-state index contributed by atoms with van der Waals surface area (Å²) in [7, 11) is 0. The standard InChI is InChI=1S/C9H7F3N4/c10-9(11,12)16(15-7-13-6-14-15)8-4-2-1-3-5-8/h1-7H. The van der Waals surface area contributed by atoms with Crippen molar-refractivity contribution in [3.8, 4) is 0 Å². The predicted molar refractivity (Wildman–Crippen MR) is 50.4 cm³/mol. The van der Waals surface area contributed by atoms with Gasteiger partial charge in [0.1, 0.15) is 12.7 Å². The van der Waals surface area contributed by atoms with Gasteiger partial charge in [-0.05, 0) is 12.1 Å². The molecule has 0 amide bonds. The van der Waals surface area contributed by atoms with Crippen LogP contribution in [-0.2, 0) is 0 Å². The number of para-hydroxylation sites is 1. The second-order valence-corrected chi connectivity index (χ2v) is 2.93. The predicted octanol–water partition coefficient (Wildman–Crippen LogP) is 2.07. The lowest BCUT2D eigenvalue weighted by Crippen LogP contribution is -2.42. The molecule has 0 aliphatic carbocycles. The Kier molecular flexibility index (Phi) is 2.51. The van der Waals surface area contributed by atoms with Crippen molar-refractivity contribution in [2.24, 2.45) is 0 Å². The van der Waals surface area contributed by atoms with Crippen LogP contribution in [0.15, 0.2) is 43.0 Å². The van der Waals surface area contributed by atoms with Gasteiger partial charge < -0.3 is 0 Å². The molecule has 0 saturated carbocycles. The van der Waals surface area contributed by atoms with Crippen molar-refractivity contribution in [3.63, 3.8) is 0 Å². The molecule has 0 aliphatic heterocycles. The molecule has 0 aliphatic rings. The smallest absolute Gasteiger partial charge is 0.221 e. The highest BCUT2D eigenvalue weighted by atomic mass is 19.4. The van der Waals surface area contributed by atoms with E-state index in [1.807, 2.05) is 0 Å². The van der Waals surface area contributed by atoms with E-state index < -0.39 is 6.30 Å². The van der Waals surface area contributed by atoms with Crippen LogP contribution in [0.2, 0.25) is 0 Å². The third kappa shape index (κ3) is 1.97. The number of benzene rings is 1. The first-order valence-corrected chi connectivity index (χ1v) is 4.36. The summed E-state index contributed by atoms with van der Waals surface area (Å²) in [4.78, 5) is 4.13. The molecular formula is C9H7F3N4. The Hall–Kier alpha value is -2.05. The van der Waals surface area contributed by atoms with Crippen LogP contribution >= 0.6 is 0 Å². The van der Waals surface area contributed by atoms with Gasteiger partial charge in [-0.25, -0.2) is 4.98 Å². The molecule has 2 aromatic rings. The van der Waals surface area contributed by atoms with E-state index in [1.165, 1.54) is 24.3 Å². The Labute approximate surface area is 88.9 Å². The van der Waals surface area contributed by atoms with E-state index in [2.05, 4.69) is 10.1 Å². The lowest BCUT2D eigenvalue weighted by molar-refractivity contribution is -0.138. The Morgan fingerprint density at radius 2 is 1.81 bits per heavy atom. The molecule has 0 N–H and O–H groups in total. The lowest BCUT2D eigenvalue weighted by atomic mass is 10.3. The SMILES string of the molecule is FC(F)(F)N(c1ccccc1)n1cncn1. The summed E-state index contributed by atoms with van der Waals surface area (Å²) >= 11 is 0. The average molecular weight is 228 g/mol. The average Bonchev–Trinajstić information content (AvgIpc) is 2.71. The zero-order valence-corrected chi connectivity index (χ0v) is 7.96. The molecule has 2 rings (SSSR count). The van der Waals surface area contributed by atoms with Gasteiger partial charge in [-0.15, -0.1) is 18.3 Å². The van der Waals surface area contributed by atoms with E-state index >= 15 is 0 Å². The Morgan fingerprint density at radius 1 is 1.12 bits per heavy atom. The maximum Gasteiger partial charge on any atom is 0.505 e. The van der Waals surface area contributed by atoms with Crippen molar-refractivity contribution < 1.29 is 13.2 Å². The number of hydrogen-bond donors (Lipinski definition) is 0. The van der Waals surface area contributed by atoms with Crippen LogP contribution in [0, 0.1) is 0 Å². The van der Waals surface area contributed by atoms with Crippen LogP contribution < -0.4 is 5.01 Å². The van der Waals surface area contributed by atoms with E-state index in [9.17, 15) is 13.2 Å². The van der Waals surface area contributed by atoms with Crippen molar-refractivity contribution in [1.29, 1.82) is 0 Å². The molecule has 4 nitrogen and oxygen atoms in total. The highest BCUT2D eigenvalue weighted by molar-refractivity contribution is 5.45. The Bertz CT molecular complexity index is 438. The molecule has 1 aromatic carbocycles. The van der Waals surface area contributed by atoms with Gasteiger partial charge in [0.25, 0.3) is 0 Å². The normalized spacial score (nSPS) is 11.4. The molecule has 0 unspecified atom stereocenters. The summed E-state index contributed by atoms with van der Waals surface area (Å²) in [5, 5.41) is 3.57. The highest BCUT2D eigenvalue weighted by Gasteiger charge is 2.39. The van der Waals surface area contributed by atoms with Crippen LogP contribution in [0.5, 0.6) is 0 Å². The van der Waals surface area contributed by atoms with E-state index in [0.717, 1.165) is 12.7 Å². The monoisotopic (exact) mass is 228 g/mol. The highest BCUT2D eigenvalue weighted by Crippen LogP contribution is 2.27. The molecule has 1 aromatic heterocycles. The van der Waals surface area contributed by atoms with E-state index in [0.29, 0.717) is 4.79 Å². The lowest BCUT2D eigenvalue weighted by Gasteiger charge is -2.25. The molecular weight excluding hydrogens is 221 g/mol. The fourth-order valence-corrected chi connectivity index (χ4v) is 1.26. The zero-order chi connectivity index (χ0) is 11.6. The largest absolute Gasteiger partial charge is 0.505 e. The number of hydrogen-bond acceptors (Lipinski definition) is 3. The summed E-state index contributed by atoms with van der Waals surface area (Å²) in [5.74, 6) is 0. The molecule has 0 saturated heterocycles. The minimum Gasteiger partial charge on any atom is -0.221 e. The second kappa shape index (κ2) is 3.84. The van der Waals surface area contributed by atoms with E-state index in [-0.39, 0.29) is 10.7 Å². The number of halogens is 3. The van der Waals surface area contributed by atoms with Gasteiger partial charge in [-0.3, -0.25) is 0 Å². The minimum atomic E-state index is -4.56. The van der Waals surface area contributed by atoms with Crippen LogP contribution in [-0.4, -0.2) is 21.2 Å². The quantitative estimate of drug-likeness (QED) is 0.738. The van der Waals surface area contributed by atoms with Gasteiger partial charge in [-0.1, -0.05) is 18.2 Å². The first kappa shape index (κ1) is 10.5. The summed E-state index contributed by atoms with van der Waals surface area (Å²) in [6, 6.07) is 7.36. The summed E-state index contributed by atoms with van der Waals surface area (Å²) in [6.45, 7) is 0. The van der Waals surface area contributed by atoms with Crippen LogP contribution in [0.4, 0.5) is 18.9 Å². The summed E-state index contributed by atoms with van der Waals surface area (Å²) < 4.78 is 38.4. The number of aromatic nitrogens is 3.